The Hall–Kier alpha value is -2.02. The number of esters is 1. The third kappa shape index (κ3) is 3.59. The van der Waals surface area contributed by atoms with Gasteiger partial charge in [-0.3, -0.25) is 9.20 Å². The minimum atomic E-state index is -0.457. The predicted octanol–water partition coefficient (Wildman–Crippen LogP) is 2.08. The summed E-state index contributed by atoms with van der Waals surface area (Å²) in [6.07, 6.45) is 4.63. The summed E-state index contributed by atoms with van der Waals surface area (Å²) in [6.45, 7) is 0.207. The predicted molar refractivity (Wildman–Crippen MR) is 85.2 cm³/mol. The van der Waals surface area contributed by atoms with Gasteiger partial charge in [-0.1, -0.05) is 17.8 Å². The molecule has 1 amide bonds. The van der Waals surface area contributed by atoms with Gasteiger partial charge in [0.2, 0.25) is 5.91 Å². The van der Waals surface area contributed by atoms with Crippen molar-refractivity contribution in [3.8, 4) is 0 Å². The number of thioether (sulfide) groups is 1. The van der Waals surface area contributed by atoms with E-state index in [1.807, 2.05) is 35.1 Å². The summed E-state index contributed by atoms with van der Waals surface area (Å²) >= 11 is 1.47. The van der Waals surface area contributed by atoms with E-state index < -0.39 is 5.97 Å². The molecule has 2 heterocycles. The summed E-state index contributed by atoms with van der Waals surface area (Å²) in [5.41, 5.74) is 1.03. The van der Waals surface area contributed by atoms with Gasteiger partial charge >= 0.3 is 5.97 Å². The largest absolute Gasteiger partial charge is 0.461 e. The van der Waals surface area contributed by atoms with E-state index in [0.717, 1.165) is 10.7 Å². The van der Waals surface area contributed by atoms with E-state index >= 15 is 0 Å². The van der Waals surface area contributed by atoms with Crippen LogP contribution in [0.25, 0.3) is 5.52 Å². The SMILES string of the molecule is CSc1nc(C(=O)OCCCC(=O)N(C)C)c2ccccn12. The van der Waals surface area contributed by atoms with Crippen LogP contribution >= 0.6 is 11.8 Å². The lowest BCUT2D eigenvalue weighted by atomic mass is 10.3. The van der Waals surface area contributed by atoms with Crippen LogP contribution in [-0.2, 0) is 9.53 Å². The number of carbonyl (C=O) groups excluding carboxylic acids is 2. The maximum Gasteiger partial charge on any atom is 0.359 e. The number of pyridine rings is 1. The van der Waals surface area contributed by atoms with Crippen LogP contribution in [0.4, 0.5) is 0 Å². The fourth-order valence-electron chi connectivity index (χ4n) is 1.98. The standard InChI is InChI=1S/C15H19N3O3S/c1-17(2)12(19)8-6-10-21-14(20)13-11-7-4-5-9-18(11)15(16-13)22-3/h4-5,7,9H,6,8,10H2,1-3H3. The molecule has 0 saturated heterocycles. The van der Waals surface area contributed by atoms with Crippen molar-refractivity contribution < 1.29 is 14.3 Å². The van der Waals surface area contributed by atoms with Crippen molar-refractivity contribution in [2.24, 2.45) is 0 Å². The molecule has 2 aromatic heterocycles. The third-order valence-corrected chi connectivity index (χ3v) is 3.81. The Bertz CT molecular complexity index is 682. The molecule has 118 valence electrons. The molecular weight excluding hydrogens is 302 g/mol. The monoisotopic (exact) mass is 321 g/mol. The number of rotatable bonds is 6. The number of fused-ring (bicyclic) bond motifs is 1. The smallest absolute Gasteiger partial charge is 0.359 e. The van der Waals surface area contributed by atoms with E-state index in [4.69, 9.17) is 4.74 Å². The Balaban J connectivity index is 2.00. The molecule has 2 aromatic rings. The first-order valence-corrected chi connectivity index (χ1v) is 8.15. The summed E-state index contributed by atoms with van der Waals surface area (Å²) < 4.78 is 7.09. The lowest BCUT2D eigenvalue weighted by Crippen LogP contribution is -2.21. The summed E-state index contributed by atoms with van der Waals surface area (Å²) in [5, 5.41) is 0.741. The van der Waals surface area contributed by atoms with E-state index in [1.165, 1.54) is 16.7 Å². The van der Waals surface area contributed by atoms with Crippen LogP contribution in [0, 0.1) is 0 Å². The fraction of sp³-hybridized carbons (Fsp3) is 0.400. The van der Waals surface area contributed by atoms with Gasteiger partial charge in [0.15, 0.2) is 10.9 Å². The van der Waals surface area contributed by atoms with Gasteiger partial charge in [0.05, 0.1) is 12.1 Å². The van der Waals surface area contributed by atoms with Crippen molar-refractivity contribution in [2.75, 3.05) is 27.0 Å². The van der Waals surface area contributed by atoms with Gasteiger partial charge in [-0.15, -0.1) is 0 Å². The van der Waals surface area contributed by atoms with Gasteiger partial charge in [-0.05, 0) is 24.8 Å². The summed E-state index contributed by atoms with van der Waals surface area (Å²) in [5.74, 6) is -0.436. The molecule has 2 rings (SSSR count). The van der Waals surface area contributed by atoms with Gasteiger partial charge in [0.25, 0.3) is 0 Å². The summed E-state index contributed by atoms with van der Waals surface area (Å²) in [4.78, 5) is 29.5. The highest BCUT2D eigenvalue weighted by atomic mass is 32.2. The highest BCUT2D eigenvalue weighted by molar-refractivity contribution is 7.98. The Kier molecular flexibility index (Phi) is 5.43. The molecule has 0 saturated carbocycles. The molecule has 22 heavy (non-hydrogen) atoms. The number of hydrogen-bond acceptors (Lipinski definition) is 5. The molecule has 7 heteroatoms. The zero-order valence-corrected chi connectivity index (χ0v) is 13.7. The second kappa shape index (κ2) is 7.31. The van der Waals surface area contributed by atoms with Crippen LogP contribution < -0.4 is 0 Å². The molecule has 6 nitrogen and oxygen atoms in total. The minimum Gasteiger partial charge on any atom is -0.461 e. The van der Waals surface area contributed by atoms with Crippen LogP contribution in [0.3, 0.4) is 0 Å². The van der Waals surface area contributed by atoms with Crippen molar-refractivity contribution in [1.29, 1.82) is 0 Å². The topological polar surface area (TPSA) is 63.9 Å². The molecular formula is C15H19N3O3S. The molecule has 0 bridgehead atoms. The first-order chi connectivity index (χ1) is 10.5. The zero-order chi connectivity index (χ0) is 16.1. The number of imidazole rings is 1. The number of carbonyl (C=O) groups is 2. The first-order valence-electron chi connectivity index (χ1n) is 6.93. The zero-order valence-electron chi connectivity index (χ0n) is 12.9. The second-order valence-corrected chi connectivity index (χ2v) is 5.70. The van der Waals surface area contributed by atoms with E-state index in [9.17, 15) is 9.59 Å². The highest BCUT2D eigenvalue weighted by Gasteiger charge is 2.18. The van der Waals surface area contributed by atoms with E-state index in [0.29, 0.717) is 18.5 Å². The van der Waals surface area contributed by atoms with Crippen LogP contribution in [0.1, 0.15) is 23.3 Å². The Morgan fingerprint density at radius 3 is 2.82 bits per heavy atom. The maximum atomic E-state index is 12.2. The average Bonchev–Trinajstić information content (AvgIpc) is 2.90. The molecule has 0 radical (unpaired) electrons. The normalized spacial score (nSPS) is 10.7. The molecule has 0 spiro atoms. The van der Waals surface area contributed by atoms with Crippen molar-refractivity contribution in [1.82, 2.24) is 14.3 Å². The van der Waals surface area contributed by atoms with Crippen LogP contribution in [-0.4, -0.2) is 53.1 Å². The number of ether oxygens (including phenoxy) is 1. The summed E-state index contributed by atoms with van der Waals surface area (Å²) in [6, 6.07) is 5.57. The Morgan fingerprint density at radius 2 is 2.14 bits per heavy atom. The lowest BCUT2D eigenvalue weighted by Gasteiger charge is -2.09. The van der Waals surface area contributed by atoms with Crippen molar-refractivity contribution >= 4 is 29.2 Å². The third-order valence-electron chi connectivity index (χ3n) is 3.16. The average molecular weight is 321 g/mol. The highest BCUT2D eigenvalue weighted by Crippen LogP contribution is 2.20. The minimum absolute atomic E-state index is 0.0214. The van der Waals surface area contributed by atoms with Crippen molar-refractivity contribution in [2.45, 2.75) is 18.0 Å². The molecule has 0 fully saturated rings. The van der Waals surface area contributed by atoms with Gasteiger partial charge < -0.3 is 9.64 Å². The number of nitrogens with zero attached hydrogens (tertiary/aromatic N) is 3. The number of aromatic nitrogens is 2. The molecule has 0 atom stereocenters. The van der Waals surface area contributed by atoms with E-state index in [2.05, 4.69) is 4.98 Å². The van der Waals surface area contributed by atoms with Gasteiger partial charge in [0, 0.05) is 26.7 Å². The lowest BCUT2D eigenvalue weighted by molar-refractivity contribution is -0.128. The molecule has 0 aliphatic heterocycles. The van der Waals surface area contributed by atoms with Gasteiger partial charge in [-0.25, -0.2) is 9.78 Å². The second-order valence-electron chi connectivity index (χ2n) is 4.93. The van der Waals surface area contributed by atoms with Crippen LogP contribution in [0.5, 0.6) is 0 Å². The maximum absolute atomic E-state index is 12.2. The molecule has 0 unspecified atom stereocenters. The molecule has 0 aromatic carbocycles. The Morgan fingerprint density at radius 1 is 1.36 bits per heavy atom. The van der Waals surface area contributed by atoms with Crippen LogP contribution in [0.15, 0.2) is 29.6 Å². The fourth-order valence-corrected chi connectivity index (χ4v) is 2.52. The molecule has 0 aliphatic rings. The van der Waals surface area contributed by atoms with E-state index in [-0.39, 0.29) is 12.5 Å². The van der Waals surface area contributed by atoms with Crippen LogP contribution in [0.2, 0.25) is 0 Å². The van der Waals surface area contributed by atoms with Gasteiger partial charge in [0.1, 0.15) is 0 Å². The number of amides is 1. The molecule has 0 aliphatic carbocycles. The van der Waals surface area contributed by atoms with E-state index in [1.54, 1.807) is 14.1 Å². The van der Waals surface area contributed by atoms with Crippen molar-refractivity contribution in [3.05, 3.63) is 30.1 Å². The van der Waals surface area contributed by atoms with Crippen molar-refractivity contribution in [3.63, 3.8) is 0 Å². The quantitative estimate of drug-likeness (QED) is 0.463. The summed E-state index contributed by atoms with van der Waals surface area (Å²) in [7, 11) is 3.41. The molecule has 0 N–H and O–H groups in total. The first kappa shape index (κ1) is 16.4. The number of hydrogen-bond donors (Lipinski definition) is 0. The van der Waals surface area contributed by atoms with Gasteiger partial charge in [-0.2, -0.15) is 0 Å². The Labute approximate surface area is 133 Å².